The number of nitrogens with zero attached hydrogens (tertiary/aromatic N) is 3. The second kappa shape index (κ2) is 8.06. The molecule has 1 aliphatic rings. The number of likely N-dealkylation sites (tertiary alicyclic amines) is 1. The summed E-state index contributed by atoms with van der Waals surface area (Å²) >= 11 is 0. The normalized spacial score (nSPS) is 15.9. The maximum atomic E-state index is 12.1. The molecule has 0 unspecified atom stereocenters. The average molecular weight is 328 g/mol. The molecule has 0 aliphatic carbocycles. The molecule has 3 rings (SSSR count). The maximum absolute atomic E-state index is 12.1. The molecule has 1 saturated heterocycles. The summed E-state index contributed by atoms with van der Waals surface area (Å²) in [6.07, 6.45) is 5.13. The molecule has 0 bridgehead atoms. The number of carbonyl (C=O) groups is 1. The summed E-state index contributed by atoms with van der Waals surface area (Å²) in [6, 6.07) is 8.09. The zero-order valence-electron chi connectivity index (χ0n) is 14.1. The molecule has 0 spiro atoms. The van der Waals surface area contributed by atoms with Gasteiger partial charge in [-0.25, -0.2) is 4.79 Å². The van der Waals surface area contributed by atoms with E-state index in [-0.39, 0.29) is 5.69 Å². The lowest BCUT2D eigenvalue weighted by molar-refractivity contribution is 0.0520. The van der Waals surface area contributed by atoms with E-state index in [0.717, 1.165) is 25.2 Å². The van der Waals surface area contributed by atoms with Crippen LogP contribution in [-0.2, 0) is 11.3 Å². The van der Waals surface area contributed by atoms with E-state index in [1.165, 1.54) is 31.2 Å². The van der Waals surface area contributed by atoms with Crippen molar-refractivity contribution in [1.82, 2.24) is 20.3 Å². The van der Waals surface area contributed by atoms with Crippen LogP contribution in [0.25, 0.3) is 11.3 Å². The highest BCUT2D eigenvalue weighted by Gasteiger charge is 2.21. The van der Waals surface area contributed by atoms with Gasteiger partial charge in [0.2, 0.25) is 0 Å². The minimum Gasteiger partial charge on any atom is -0.461 e. The van der Waals surface area contributed by atoms with E-state index in [1.54, 1.807) is 6.92 Å². The molecular weight excluding hydrogens is 304 g/mol. The second-order valence-corrected chi connectivity index (χ2v) is 6.09. The van der Waals surface area contributed by atoms with Crippen LogP contribution in [0.5, 0.6) is 0 Å². The Morgan fingerprint density at radius 3 is 2.67 bits per heavy atom. The molecule has 0 radical (unpaired) electrons. The van der Waals surface area contributed by atoms with Crippen LogP contribution >= 0.6 is 0 Å². The minimum absolute atomic E-state index is 0.250. The Hall–Kier alpha value is -2.21. The molecule has 0 saturated carbocycles. The highest BCUT2D eigenvalue weighted by Crippen LogP contribution is 2.26. The fraction of sp³-hybridized carbons (Fsp3) is 0.500. The maximum Gasteiger partial charge on any atom is 0.361 e. The van der Waals surface area contributed by atoms with Gasteiger partial charge in [0.05, 0.1) is 6.61 Å². The predicted molar refractivity (Wildman–Crippen MR) is 91.5 cm³/mol. The Kier molecular flexibility index (Phi) is 5.59. The van der Waals surface area contributed by atoms with Gasteiger partial charge >= 0.3 is 5.97 Å². The Balaban J connectivity index is 1.87. The lowest BCUT2D eigenvalue weighted by atomic mass is 10.0. The molecule has 24 heavy (non-hydrogen) atoms. The van der Waals surface area contributed by atoms with Crippen LogP contribution in [-0.4, -0.2) is 46.0 Å². The first kappa shape index (κ1) is 16.6. The van der Waals surface area contributed by atoms with Crippen molar-refractivity contribution in [2.75, 3.05) is 19.7 Å². The Morgan fingerprint density at radius 2 is 1.92 bits per heavy atom. The lowest BCUT2D eigenvalue weighted by Crippen LogP contribution is -2.24. The number of benzene rings is 1. The van der Waals surface area contributed by atoms with Gasteiger partial charge in [-0.1, -0.05) is 37.1 Å². The van der Waals surface area contributed by atoms with Gasteiger partial charge in [0.25, 0.3) is 0 Å². The zero-order valence-corrected chi connectivity index (χ0v) is 14.1. The quantitative estimate of drug-likeness (QED) is 0.854. The average Bonchev–Trinajstić information content (AvgIpc) is 2.94. The number of aromatic amines is 1. The summed E-state index contributed by atoms with van der Waals surface area (Å²) < 4.78 is 5.08. The van der Waals surface area contributed by atoms with Crippen LogP contribution in [0.2, 0.25) is 0 Å². The van der Waals surface area contributed by atoms with E-state index in [4.69, 9.17) is 4.74 Å². The van der Waals surface area contributed by atoms with Gasteiger partial charge in [0.15, 0.2) is 5.69 Å². The molecule has 2 heterocycles. The van der Waals surface area contributed by atoms with Gasteiger partial charge in [-0.05, 0) is 38.4 Å². The summed E-state index contributed by atoms with van der Waals surface area (Å²) in [4.78, 5) is 14.6. The van der Waals surface area contributed by atoms with Crippen molar-refractivity contribution < 1.29 is 9.53 Å². The molecule has 1 N–H and O–H groups in total. The Labute approximate surface area is 142 Å². The molecule has 2 aromatic rings. The summed E-state index contributed by atoms with van der Waals surface area (Å²) in [5.41, 5.74) is 2.93. The van der Waals surface area contributed by atoms with E-state index in [2.05, 4.69) is 26.4 Å². The number of nitrogens with one attached hydrogen (secondary N) is 1. The number of rotatable bonds is 5. The smallest absolute Gasteiger partial charge is 0.361 e. The highest BCUT2D eigenvalue weighted by atomic mass is 16.5. The van der Waals surface area contributed by atoms with Crippen molar-refractivity contribution in [3.8, 4) is 11.3 Å². The van der Waals surface area contributed by atoms with Crippen molar-refractivity contribution in [1.29, 1.82) is 0 Å². The van der Waals surface area contributed by atoms with Crippen molar-refractivity contribution >= 4 is 5.97 Å². The van der Waals surface area contributed by atoms with E-state index in [9.17, 15) is 4.79 Å². The summed E-state index contributed by atoms with van der Waals surface area (Å²) in [5.74, 6) is -0.439. The summed E-state index contributed by atoms with van der Waals surface area (Å²) in [5, 5.41) is 10.8. The largest absolute Gasteiger partial charge is 0.461 e. The third-order valence-corrected chi connectivity index (χ3v) is 4.38. The number of aromatic nitrogens is 3. The molecule has 1 fully saturated rings. The van der Waals surface area contributed by atoms with Crippen molar-refractivity contribution in [2.45, 2.75) is 39.2 Å². The Bertz CT molecular complexity index is 675. The first-order chi connectivity index (χ1) is 11.8. The third-order valence-electron chi connectivity index (χ3n) is 4.38. The molecule has 1 aliphatic heterocycles. The Morgan fingerprint density at radius 1 is 1.17 bits per heavy atom. The molecule has 128 valence electrons. The van der Waals surface area contributed by atoms with E-state index >= 15 is 0 Å². The fourth-order valence-corrected chi connectivity index (χ4v) is 3.18. The molecule has 6 heteroatoms. The van der Waals surface area contributed by atoms with E-state index in [0.29, 0.717) is 12.3 Å². The molecule has 0 atom stereocenters. The third kappa shape index (κ3) is 3.82. The molecule has 6 nitrogen and oxygen atoms in total. The van der Waals surface area contributed by atoms with Gasteiger partial charge < -0.3 is 4.74 Å². The number of hydrogen-bond acceptors (Lipinski definition) is 5. The number of ether oxygens (including phenoxy) is 1. The standard InChI is InChI=1S/C18H24N4O2/c1-2-24-18(23)17-16(19-21-20-17)15-10-6-5-9-14(15)13-22-11-7-3-4-8-12-22/h5-6,9-10H,2-4,7-8,11-13H2,1H3,(H,19,20,21). The van der Waals surface area contributed by atoms with Gasteiger partial charge in [-0.15, -0.1) is 5.10 Å². The van der Waals surface area contributed by atoms with Crippen LogP contribution in [0.1, 0.15) is 48.7 Å². The number of carbonyl (C=O) groups excluding carboxylic acids is 1. The predicted octanol–water partition coefficient (Wildman–Crippen LogP) is 3.02. The van der Waals surface area contributed by atoms with Crippen LogP contribution in [0.3, 0.4) is 0 Å². The second-order valence-electron chi connectivity index (χ2n) is 6.09. The SMILES string of the molecule is CCOC(=O)c1n[nH]nc1-c1ccccc1CN1CCCCCC1. The number of esters is 1. The summed E-state index contributed by atoms with van der Waals surface area (Å²) in [7, 11) is 0. The van der Waals surface area contributed by atoms with Gasteiger partial charge in [0, 0.05) is 12.1 Å². The van der Waals surface area contributed by atoms with Crippen molar-refractivity contribution in [3.63, 3.8) is 0 Å². The number of hydrogen-bond donors (Lipinski definition) is 1. The highest BCUT2D eigenvalue weighted by molar-refractivity contribution is 5.94. The van der Waals surface area contributed by atoms with E-state index in [1.807, 2.05) is 18.2 Å². The topological polar surface area (TPSA) is 71.1 Å². The zero-order chi connectivity index (χ0) is 16.8. The first-order valence-electron chi connectivity index (χ1n) is 8.68. The van der Waals surface area contributed by atoms with Crippen molar-refractivity contribution in [2.24, 2.45) is 0 Å². The van der Waals surface area contributed by atoms with E-state index < -0.39 is 5.97 Å². The van der Waals surface area contributed by atoms with Crippen LogP contribution in [0.15, 0.2) is 24.3 Å². The van der Waals surface area contributed by atoms with Gasteiger partial charge in [-0.3, -0.25) is 4.90 Å². The first-order valence-corrected chi connectivity index (χ1v) is 8.68. The lowest BCUT2D eigenvalue weighted by Gasteiger charge is -2.21. The van der Waals surface area contributed by atoms with Gasteiger partial charge in [-0.2, -0.15) is 10.3 Å². The molecule has 1 aromatic heterocycles. The van der Waals surface area contributed by atoms with Crippen LogP contribution in [0.4, 0.5) is 0 Å². The van der Waals surface area contributed by atoms with Crippen LogP contribution in [0, 0.1) is 0 Å². The minimum atomic E-state index is -0.439. The summed E-state index contributed by atoms with van der Waals surface area (Å²) in [6.45, 7) is 5.21. The number of H-pyrrole nitrogens is 1. The van der Waals surface area contributed by atoms with Crippen LogP contribution < -0.4 is 0 Å². The fourth-order valence-electron chi connectivity index (χ4n) is 3.18. The van der Waals surface area contributed by atoms with Gasteiger partial charge in [0.1, 0.15) is 5.69 Å². The molecular formula is C18H24N4O2. The molecule has 1 aromatic carbocycles. The monoisotopic (exact) mass is 328 g/mol. The van der Waals surface area contributed by atoms with Crippen molar-refractivity contribution in [3.05, 3.63) is 35.5 Å². The molecule has 0 amide bonds.